The highest BCUT2D eigenvalue weighted by Crippen LogP contribution is 2.40. The van der Waals surface area contributed by atoms with E-state index in [-0.39, 0.29) is 11.8 Å². The summed E-state index contributed by atoms with van der Waals surface area (Å²) in [4.78, 5) is 11.4. The summed E-state index contributed by atoms with van der Waals surface area (Å²) in [6, 6.07) is 56.8. The van der Waals surface area contributed by atoms with E-state index in [0.29, 0.717) is 5.92 Å². The van der Waals surface area contributed by atoms with Gasteiger partial charge in [0, 0.05) is 50.8 Å². The zero-order chi connectivity index (χ0) is 44.4. The van der Waals surface area contributed by atoms with Crippen molar-refractivity contribution in [3.63, 3.8) is 0 Å². The average Bonchev–Trinajstić information content (AvgIpc) is 3.91. The number of rotatable bonds is 6. The van der Waals surface area contributed by atoms with E-state index in [1.54, 1.807) is 0 Å². The minimum Gasteiger partial charge on any atom is -0.456 e. The normalized spacial score (nSPS) is 21.4. The van der Waals surface area contributed by atoms with E-state index in [4.69, 9.17) is 14.4 Å². The van der Waals surface area contributed by atoms with E-state index < -0.39 is 0 Å². The first kappa shape index (κ1) is 39.3. The number of para-hydroxylation sites is 1. The number of allylic oxidation sites excluding steroid dienone is 8. The summed E-state index contributed by atoms with van der Waals surface area (Å²) in [5.74, 6) is 1.36. The molecule has 13 rings (SSSR count). The summed E-state index contributed by atoms with van der Waals surface area (Å²) in [5, 5.41) is 8.24. The monoisotopic (exact) mass is 861 g/mol. The SMILES string of the molecule is CC1C/C=C(c2ccc(-c3ccccc3)cc2)/N=C(C2=CC=CC(c3ccccc3)C2)\N=C/1c1cc(-n2c3c(c4ccccc42)=CC2CC=CC=C2C=3)cc2oc3cc4ccccc4cc3c12. The van der Waals surface area contributed by atoms with E-state index >= 15 is 0 Å². The molecule has 4 aliphatic rings. The second kappa shape index (κ2) is 16.1. The van der Waals surface area contributed by atoms with Crippen LogP contribution in [0, 0.1) is 11.8 Å². The molecule has 4 heteroatoms. The molecule has 3 heterocycles. The van der Waals surface area contributed by atoms with Gasteiger partial charge in [-0.05, 0) is 93.8 Å². The Morgan fingerprint density at radius 3 is 2.22 bits per heavy atom. The molecule has 0 bridgehead atoms. The van der Waals surface area contributed by atoms with Crippen LogP contribution >= 0.6 is 0 Å². The summed E-state index contributed by atoms with van der Waals surface area (Å²) < 4.78 is 9.46. The van der Waals surface area contributed by atoms with Crippen LogP contribution in [0.1, 0.15) is 48.8 Å². The molecule has 0 saturated carbocycles. The van der Waals surface area contributed by atoms with Gasteiger partial charge in [-0.15, -0.1) is 0 Å². The Bertz CT molecular complexity index is 3830. The number of hydrogen-bond acceptors (Lipinski definition) is 3. The number of fused-ring (bicyclic) bond motifs is 8. The maximum Gasteiger partial charge on any atom is 0.156 e. The molecule has 0 saturated heterocycles. The number of nitrogens with zero attached hydrogens (tertiary/aromatic N) is 3. The van der Waals surface area contributed by atoms with Gasteiger partial charge in [0.2, 0.25) is 0 Å². The first-order chi connectivity index (χ1) is 33.1. The number of hydrogen-bond donors (Lipinski definition) is 0. The summed E-state index contributed by atoms with van der Waals surface area (Å²) >= 11 is 0. The van der Waals surface area contributed by atoms with E-state index in [1.165, 1.54) is 49.1 Å². The number of benzene rings is 7. The minimum absolute atomic E-state index is 0.0350. The fourth-order valence-corrected chi connectivity index (χ4v) is 10.8. The first-order valence-electron chi connectivity index (χ1n) is 23.7. The van der Waals surface area contributed by atoms with Crippen molar-refractivity contribution in [3.8, 4) is 16.8 Å². The molecule has 4 nitrogen and oxygen atoms in total. The molecule has 1 aliphatic heterocycles. The van der Waals surface area contributed by atoms with Gasteiger partial charge in [0.05, 0.1) is 28.0 Å². The molecule has 2 aromatic heterocycles. The Kier molecular flexibility index (Phi) is 9.45. The van der Waals surface area contributed by atoms with Crippen LogP contribution in [0.25, 0.3) is 78.3 Å². The Morgan fingerprint density at radius 1 is 0.627 bits per heavy atom. The summed E-state index contributed by atoms with van der Waals surface area (Å²) in [6.45, 7) is 2.32. The average molecular weight is 862 g/mol. The fraction of sp³-hybridized carbons (Fsp3) is 0.111. The van der Waals surface area contributed by atoms with Crippen molar-refractivity contribution in [2.75, 3.05) is 0 Å². The zero-order valence-electron chi connectivity index (χ0n) is 37.3. The molecule has 7 aromatic carbocycles. The van der Waals surface area contributed by atoms with Gasteiger partial charge in [0.15, 0.2) is 5.84 Å². The van der Waals surface area contributed by atoms with Gasteiger partial charge < -0.3 is 8.98 Å². The lowest BCUT2D eigenvalue weighted by Crippen LogP contribution is -2.33. The number of aromatic nitrogens is 1. The predicted molar refractivity (Wildman–Crippen MR) is 280 cm³/mol. The molecule has 0 radical (unpaired) electrons. The third kappa shape index (κ3) is 6.91. The van der Waals surface area contributed by atoms with Crippen molar-refractivity contribution < 1.29 is 4.42 Å². The standard InChI is InChI=1S/C63H47N3O/c1-40-27-32-56(44-30-28-43(29-31-44)41-15-4-2-5-16-41)64-63(50-24-14-23-45(33-50)42-17-6-3-7-18-42)65-62(40)55-38-51(39-60-61(55)54-35-47-20-9-11-22-49(47)37-59(54)67-60)66-57-26-13-12-25-52(57)53-34-46-19-8-10-21-48(46)36-58(53)66/h2-18,20-26,28-32,34-40,45-46H,19,27,33H2,1H3/b56-32+,64-63-,65-62+. The van der Waals surface area contributed by atoms with Crippen molar-refractivity contribution in [3.05, 3.63) is 239 Å². The van der Waals surface area contributed by atoms with Gasteiger partial charge in [0.1, 0.15) is 11.2 Å². The van der Waals surface area contributed by atoms with Crippen LogP contribution in [-0.2, 0) is 0 Å². The number of aliphatic imine (C=N–C) groups is 2. The highest BCUT2D eigenvalue weighted by molar-refractivity contribution is 6.24. The van der Waals surface area contributed by atoms with E-state index in [2.05, 4.69) is 224 Å². The van der Waals surface area contributed by atoms with Crippen molar-refractivity contribution in [2.45, 2.75) is 32.1 Å². The maximum atomic E-state index is 7.02. The largest absolute Gasteiger partial charge is 0.456 e. The lowest BCUT2D eigenvalue weighted by molar-refractivity contribution is 0.669. The second-order valence-corrected chi connectivity index (χ2v) is 18.5. The van der Waals surface area contributed by atoms with Crippen LogP contribution in [0.3, 0.4) is 0 Å². The van der Waals surface area contributed by atoms with Gasteiger partial charge in [-0.25, -0.2) is 9.98 Å². The van der Waals surface area contributed by atoms with Crippen LogP contribution in [-0.4, -0.2) is 16.1 Å². The number of amidine groups is 1. The lowest BCUT2D eigenvalue weighted by Gasteiger charge is -2.23. The Labute approximate surface area is 389 Å². The summed E-state index contributed by atoms with van der Waals surface area (Å²) in [7, 11) is 0. The van der Waals surface area contributed by atoms with E-state index in [1.807, 2.05) is 0 Å². The van der Waals surface area contributed by atoms with Crippen LogP contribution in [0.2, 0.25) is 0 Å². The first-order valence-corrected chi connectivity index (χ1v) is 23.7. The molecular formula is C63H47N3O. The molecule has 0 spiro atoms. The Balaban J connectivity index is 1.05. The van der Waals surface area contributed by atoms with Crippen molar-refractivity contribution in [2.24, 2.45) is 21.8 Å². The topological polar surface area (TPSA) is 42.8 Å². The van der Waals surface area contributed by atoms with E-state index in [9.17, 15) is 0 Å². The van der Waals surface area contributed by atoms with Gasteiger partial charge >= 0.3 is 0 Å². The molecule has 3 atom stereocenters. The van der Waals surface area contributed by atoms with Crippen LogP contribution in [0.15, 0.2) is 226 Å². The second-order valence-electron chi connectivity index (χ2n) is 18.5. The molecule has 0 amide bonds. The van der Waals surface area contributed by atoms with Gasteiger partial charge in [-0.3, -0.25) is 0 Å². The zero-order valence-corrected chi connectivity index (χ0v) is 37.3. The summed E-state index contributed by atoms with van der Waals surface area (Å²) in [6.07, 6.45) is 23.3. The maximum absolute atomic E-state index is 7.02. The van der Waals surface area contributed by atoms with E-state index in [0.717, 1.165) is 86.2 Å². The predicted octanol–water partition coefficient (Wildman–Crippen LogP) is 14.4. The van der Waals surface area contributed by atoms with Gasteiger partial charge in [-0.2, -0.15) is 0 Å². The van der Waals surface area contributed by atoms with Crippen LogP contribution in [0.5, 0.6) is 0 Å². The molecule has 3 aliphatic carbocycles. The molecular weight excluding hydrogens is 815 g/mol. The van der Waals surface area contributed by atoms with Crippen LogP contribution < -0.4 is 10.6 Å². The highest BCUT2D eigenvalue weighted by atomic mass is 16.3. The highest BCUT2D eigenvalue weighted by Gasteiger charge is 2.27. The minimum atomic E-state index is 0.0350. The Morgan fingerprint density at radius 2 is 1.37 bits per heavy atom. The third-order valence-corrected chi connectivity index (χ3v) is 14.3. The van der Waals surface area contributed by atoms with Gasteiger partial charge in [0.25, 0.3) is 0 Å². The quantitative estimate of drug-likeness (QED) is 0.164. The summed E-state index contributed by atoms with van der Waals surface area (Å²) in [5.41, 5.74) is 14.2. The molecule has 3 unspecified atom stereocenters. The third-order valence-electron chi connectivity index (χ3n) is 14.3. The van der Waals surface area contributed by atoms with Gasteiger partial charge in [-0.1, -0.05) is 183 Å². The smallest absolute Gasteiger partial charge is 0.156 e. The van der Waals surface area contributed by atoms with Crippen molar-refractivity contribution >= 4 is 73.0 Å². The molecule has 320 valence electrons. The molecule has 9 aromatic rings. The van der Waals surface area contributed by atoms with Crippen molar-refractivity contribution in [1.29, 1.82) is 0 Å². The van der Waals surface area contributed by atoms with Crippen molar-refractivity contribution in [1.82, 2.24) is 4.57 Å². The lowest BCUT2D eigenvalue weighted by atomic mass is 9.87. The number of furan rings is 1. The fourth-order valence-electron chi connectivity index (χ4n) is 10.8. The Hall–Kier alpha value is -8.08. The molecule has 0 fully saturated rings. The molecule has 67 heavy (non-hydrogen) atoms. The van der Waals surface area contributed by atoms with Crippen LogP contribution in [0.4, 0.5) is 0 Å². The molecule has 0 N–H and O–H groups in total.